The van der Waals surface area contributed by atoms with Crippen LogP contribution in [0.1, 0.15) is 30.9 Å². The Kier molecular flexibility index (Phi) is 5.46. The Labute approximate surface area is 153 Å². The number of aromatic nitrogens is 3. The first-order valence-corrected chi connectivity index (χ1v) is 8.86. The van der Waals surface area contributed by atoms with Crippen molar-refractivity contribution in [3.8, 4) is 28.5 Å². The smallest absolute Gasteiger partial charge is 0.348 e. The van der Waals surface area contributed by atoms with Crippen LogP contribution in [0, 0.1) is 13.8 Å². The molecule has 0 aliphatic carbocycles. The lowest BCUT2D eigenvalue weighted by Crippen LogP contribution is -2.15. The predicted octanol–water partition coefficient (Wildman–Crippen LogP) is 4.29. The second-order valence-electron chi connectivity index (χ2n) is 6.32. The van der Waals surface area contributed by atoms with Gasteiger partial charge in [-0.05, 0) is 55.7 Å². The van der Waals surface area contributed by atoms with Gasteiger partial charge in [0, 0.05) is 11.1 Å². The van der Waals surface area contributed by atoms with Gasteiger partial charge in [0.2, 0.25) is 0 Å². The van der Waals surface area contributed by atoms with Gasteiger partial charge in [0.15, 0.2) is 5.82 Å². The highest BCUT2D eigenvalue weighted by Gasteiger charge is 2.11. The summed E-state index contributed by atoms with van der Waals surface area (Å²) in [6.07, 6.45) is 2.12. The second kappa shape index (κ2) is 7.95. The fraction of sp³-hybridized carbons (Fsp3) is 0.286. The van der Waals surface area contributed by atoms with Gasteiger partial charge in [-0.15, -0.1) is 0 Å². The molecule has 0 saturated carbocycles. The number of aryl methyl sites for hydroxylation is 2. The van der Waals surface area contributed by atoms with Gasteiger partial charge in [-0.25, -0.2) is 9.78 Å². The largest absolute Gasteiger partial charge is 0.494 e. The van der Waals surface area contributed by atoms with Crippen LogP contribution in [-0.4, -0.2) is 21.6 Å². The van der Waals surface area contributed by atoms with Crippen molar-refractivity contribution in [3.05, 3.63) is 64.1 Å². The van der Waals surface area contributed by atoms with E-state index in [-0.39, 0.29) is 0 Å². The molecule has 134 valence electrons. The molecule has 0 bridgehead atoms. The van der Waals surface area contributed by atoms with E-state index < -0.39 is 5.69 Å². The number of H-pyrrole nitrogens is 1. The van der Waals surface area contributed by atoms with Crippen LogP contribution in [0.3, 0.4) is 0 Å². The molecule has 0 saturated heterocycles. The van der Waals surface area contributed by atoms with Crippen LogP contribution in [0.15, 0.2) is 47.3 Å². The highest BCUT2D eigenvalue weighted by Crippen LogP contribution is 2.25. The summed E-state index contributed by atoms with van der Waals surface area (Å²) in [6.45, 7) is 6.84. The Morgan fingerprint density at radius 1 is 1.00 bits per heavy atom. The van der Waals surface area contributed by atoms with Crippen LogP contribution in [0.5, 0.6) is 5.75 Å². The fourth-order valence-electron chi connectivity index (χ4n) is 2.85. The molecule has 2 aromatic carbocycles. The molecule has 1 aromatic heterocycles. The summed E-state index contributed by atoms with van der Waals surface area (Å²) in [6, 6.07) is 13.5. The molecule has 3 aromatic rings. The summed E-state index contributed by atoms with van der Waals surface area (Å²) in [5.74, 6) is 1.76. The van der Waals surface area contributed by atoms with Gasteiger partial charge in [-0.2, -0.15) is 4.98 Å². The van der Waals surface area contributed by atoms with Gasteiger partial charge < -0.3 is 4.74 Å². The number of rotatable bonds is 6. The summed E-state index contributed by atoms with van der Waals surface area (Å²) < 4.78 is 5.68. The first-order chi connectivity index (χ1) is 12.6. The third-order valence-corrected chi connectivity index (χ3v) is 4.25. The van der Waals surface area contributed by atoms with E-state index in [1.807, 2.05) is 56.3 Å². The van der Waals surface area contributed by atoms with E-state index in [2.05, 4.69) is 21.9 Å². The topological polar surface area (TPSA) is 67.9 Å². The molecule has 0 unspecified atom stereocenters. The van der Waals surface area contributed by atoms with Gasteiger partial charge in [0.1, 0.15) is 11.6 Å². The van der Waals surface area contributed by atoms with E-state index in [1.54, 1.807) is 0 Å². The number of ether oxygens (including phenoxy) is 1. The molecule has 3 rings (SSSR count). The minimum Gasteiger partial charge on any atom is -0.494 e. The van der Waals surface area contributed by atoms with Crippen molar-refractivity contribution in [3.63, 3.8) is 0 Å². The van der Waals surface area contributed by atoms with Crippen molar-refractivity contribution in [2.75, 3.05) is 6.61 Å². The maximum absolute atomic E-state index is 12.1. The molecule has 0 atom stereocenters. The Balaban J connectivity index is 1.94. The lowest BCUT2D eigenvalue weighted by atomic mass is 10.0. The van der Waals surface area contributed by atoms with E-state index in [0.29, 0.717) is 18.3 Å². The Bertz CT molecular complexity index is 926. The van der Waals surface area contributed by atoms with Crippen molar-refractivity contribution in [1.29, 1.82) is 0 Å². The Hall–Kier alpha value is -2.95. The van der Waals surface area contributed by atoms with Crippen LogP contribution in [0.2, 0.25) is 0 Å². The van der Waals surface area contributed by atoms with Gasteiger partial charge in [-0.3, -0.25) is 4.98 Å². The van der Waals surface area contributed by atoms with Crippen molar-refractivity contribution in [2.24, 2.45) is 0 Å². The second-order valence-corrected chi connectivity index (χ2v) is 6.32. The van der Waals surface area contributed by atoms with Gasteiger partial charge in [0.05, 0.1) is 6.61 Å². The zero-order valence-electron chi connectivity index (χ0n) is 15.4. The quantitative estimate of drug-likeness (QED) is 0.674. The lowest BCUT2D eigenvalue weighted by molar-refractivity contribution is 0.309. The summed E-state index contributed by atoms with van der Waals surface area (Å²) in [7, 11) is 0. The predicted molar refractivity (Wildman–Crippen MR) is 103 cm³/mol. The van der Waals surface area contributed by atoms with E-state index in [9.17, 15) is 4.79 Å². The van der Waals surface area contributed by atoms with Crippen LogP contribution in [0.25, 0.3) is 22.8 Å². The average molecular weight is 349 g/mol. The summed E-state index contributed by atoms with van der Waals surface area (Å²) in [4.78, 5) is 23.5. The molecule has 0 radical (unpaired) electrons. The van der Waals surface area contributed by atoms with Crippen molar-refractivity contribution >= 4 is 0 Å². The number of hydrogen-bond donors (Lipinski definition) is 1. The first-order valence-electron chi connectivity index (χ1n) is 8.86. The Morgan fingerprint density at radius 2 is 1.69 bits per heavy atom. The van der Waals surface area contributed by atoms with Gasteiger partial charge in [-0.1, -0.05) is 31.5 Å². The van der Waals surface area contributed by atoms with E-state index in [4.69, 9.17) is 4.74 Å². The maximum Gasteiger partial charge on any atom is 0.348 e. The first kappa shape index (κ1) is 17.9. The van der Waals surface area contributed by atoms with E-state index in [1.165, 1.54) is 0 Å². The van der Waals surface area contributed by atoms with Crippen LogP contribution in [-0.2, 0) is 0 Å². The van der Waals surface area contributed by atoms with Crippen molar-refractivity contribution in [1.82, 2.24) is 15.0 Å². The molecule has 5 heteroatoms. The van der Waals surface area contributed by atoms with E-state index >= 15 is 0 Å². The summed E-state index contributed by atoms with van der Waals surface area (Å²) >= 11 is 0. The molecule has 0 spiro atoms. The number of nitrogens with one attached hydrogen (secondary N) is 1. The Morgan fingerprint density at radius 3 is 2.35 bits per heavy atom. The normalized spacial score (nSPS) is 10.7. The molecule has 1 heterocycles. The zero-order chi connectivity index (χ0) is 18.5. The standard InChI is InChI=1S/C21H23N3O2/c1-4-5-13-26-17-11-9-16(10-12-17)19-22-20(24-21(25)23-19)18-14(2)7-6-8-15(18)3/h6-12H,4-5,13H2,1-3H3,(H,22,23,24,25). The molecular weight excluding hydrogens is 326 g/mol. The molecule has 0 fully saturated rings. The highest BCUT2D eigenvalue weighted by molar-refractivity contribution is 5.66. The van der Waals surface area contributed by atoms with Crippen molar-refractivity contribution < 1.29 is 4.74 Å². The molecule has 5 nitrogen and oxygen atoms in total. The molecule has 0 aliphatic heterocycles. The summed E-state index contributed by atoms with van der Waals surface area (Å²) in [5.41, 5.74) is 3.44. The molecule has 1 N–H and O–H groups in total. The molecule has 0 amide bonds. The number of unbranched alkanes of at least 4 members (excludes halogenated alkanes) is 1. The number of hydrogen-bond acceptors (Lipinski definition) is 4. The van der Waals surface area contributed by atoms with Crippen LogP contribution < -0.4 is 10.4 Å². The third-order valence-electron chi connectivity index (χ3n) is 4.25. The SMILES string of the molecule is CCCCOc1ccc(-c2nc(-c3c(C)cccc3C)[nH]c(=O)n2)cc1. The number of aromatic amines is 1. The van der Waals surface area contributed by atoms with Crippen LogP contribution in [0.4, 0.5) is 0 Å². The number of benzene rings is 2. The van der Waals surface area contributed by atoms with Crippen LogP contribution >= 0.6 is 0 Å². The molecule has 0 aliphatic rings. The van der Waals surface area contributed by atoms with Gasteiger partial charge >= 0.3 is 5.69 Å². The minimum atomic E-state index is -0.407. The number of nitrogens with zero attached hydrogens (tertiary/aromatic N) is 2. The monoisotopic (exact) mass is 349 g/mol. The lowest BCUT2D eigenvalue weighted by Gasteiger charge is -2.10. The zero-order valence-corrected chi connectivity index (χ0v) is 15.4. The summed E-state index contributed by atoms with van der Waals surface area (Å²) in [5, 5.41) is 0. The highest BCUT2D eigenvalue weighted by atomic mass is 16.5. The maximum atomic E-state index is 12.1. The van der Waals surface area contributed by atoms with Gasteiger partial charge in [0.25, 0.3) is 0 Å². The molecular formula is C21H23N3O2. The third kappa shape index (κ3) is 3.99. The van der Waals surface area contributed by atoms with E-state index in [0.717, 1.165) is 40.8 Å². The fourth-order valence-corrected chi connectivity index (χ4v) is 2.85. The van der Waals surface area contributed by atoms with Crippen molar-refractivity contribution in [2.45, 2.75) is 33.6 Å². The average Bonchev–Trinajstić information content (AvgIpc) is 2.62. The molecule has 26 heavy (non-hydrogen) atoms. The minimum absolute atomic E-state index is 0.407.